The fourth-order valence-electron chi connectivity index (χ4n) is 0.875. The maximum Gasteiger partial charge on any atom is 0.213 e. The molecule has 0 amide bonds. The zero-order chi connectivity index (χ0) is 8.10. The van der Waals surface area contributed by atoms with Crippen molar-refractivity contribution in [3.8, 4) is 0 Å². The van der Waals surface area contributed by atoms with Crippen molar-refractivity contribution < 1.29 is 0 Å². The molecule has 0 unspecified atom stereocenters. The van der Waals surface area contributed by atoms with E-state index in [1.54, 1.807) is 4.68 Å². The van der Waals surface area contributed by atoms with Crippen molar-refractivity contribution in [2.24, 2.45) is 0 Å². The Balaban J connectivity index is 2.39. The number of rotatable bonds is 4. The fourth-order valence-corrected chi connectivity index (χ4v) is 1.04. The highest BCUT2D eigenvalue weighted by molar-refractivity contribution is 7.71. The SMILES string of the molecule is CCCCCn1nn[nH]c1=S. The third-order valence-corrected chi connectivity index (χ3v) is 1.81. The molecule has 1 heterocycles. The van der Waals surface area contributed by atoms with Crippen LogP contribution in [-0.2, 0) is 6.54 Å². The van der Waals surface area contributed by atoms with Gasteiger partial charge in [-0.25, -0.2) is 9.78 Å². The first kappa shape index (κ1) is 8.39. The van der Waals surface area contributed by atoms with Crippen molar-refractivity contribution in [1.29, 1.82) is 0 Å². The van der Waals surface area contributed by atoms with Crippen LogP contribution in [0.2, 0.25) is 0 Å². The molecule has 4 nitrogen and oxygen atoms in total. The second kappa shape index (κ2) is 4.23. The minimum Gasteiger partial charge on any atom is -0.232 e. The van der Waals surface area contributed by atoms with Crippen molar-refractivity contribution in [1.82, 2.24) is 20.2 Å². The Kier molecular flexibility index (Phi) is 3.22. The summed E-state index contributed by atoms with van der Waals surface area (Å²) < 4.78 is 2.33. The first-order valence-electron chi connectivity index (χ1n) is 3.82. The highest BCUT2D eigenvalue weighted by Crippen LogP contribution is 1.96. The lowest BCUT2D eigenvalue weighted by atomic mass is 10.2. The number of aromatic nitrogens is 4. The van der Waals surface area contributed by atoms with Crippen LogP contribution in [0.1, 0.15) is 26.2 Å². The molecular weight excluding hydrogens is 160 g/mol. The van der Waals surface area contributed by atoms with E-state index in [-0.39, 0.29) is 0 Å². The van der Waals surface area contributed by atoms with Gasteiger partial charge in [-0.15, -0.1) is 0 Å². The number of hydrogen-bond donors (Lipinski definition) is 1. The molecule has 0 saturated carbocycles. The van der Waals surface area contributed by atoms with Gasteiger partial charge in [-0.1, -0.05) is 19.8 Å². The van der Waals surface area contributed by atoms with E-state index in [9.17, 15) is 0 Å². The summed E-state index contributed by atoms with van der Waals surface area (Å²) in [6.07, 6.45) is 3.55. The van der Waals surface area contributed by atoms with Gasteiger partial charge in [0.1, 0.15) is 0 Å². The summed E-state index contributed by atoms with van der Waals surface area (Å²) in [5, 5.41) is 9.99. The lowest BCUT2D eigenvalue weighted by Crippen LogP contribution is -2.00. The minimum absolute atomic E-state index is 0.612. The van der Waals surface area contributed by atoms with Gasteiger partial charge < -0.3 is 0 Å². The maximum absolute atomic E-state index is 4.92. The van der Waals surface area contributed by atoms with E-state index in [0.29, 0.717) is 4.77 Å². The van der Waals surface area contributed by atoms with Crippen LogP contribution in [0.5, 0.6) is 0 Å². The van der Waals surface area contributed by atoms with Gasteiger partial charge in [0.05, 0.1) is 0 Å². The van der Waals surface area contributed by atoms with Crippen LogP contribution >= 0.6 is 12.2 Å². The van der Waals surface area contributed by atoms with E-state index >= 15 is 0 Å². The van der Waals surface area contributed by atoms with Gasteiger partial charge in [-0.2, -0.15) is 0 Å². The molecule has 11 heavy (non-hydrogen) atoms. The Labute approximate surface area is 70.6 Å². The molecule has 0 aliphatic carbocycles. The molecule has 1 aromatic heterocycles. The van der Waals surface area contributed by atoms with Gasteiger partial charge >= 0.3 is 0 Å². The number of hydrogen-bond acceptors (Lipinski definition) is 3. The maximum atomic E-state index is 4.92. The number of unbranched alkanes of at least 4 members (excludes halogenated alkanes) is 2. The molecule has 1 rings (SSSR count). The Hall–Kier alpha value is -0.710. The van der Waals surface area contributed by atoms with E-state index in [4.69, 9.17) is 12.2 Å². The van der Waals surface area contributed by atoms with Gasteiger partial charge in [0, 0.05) is 6.54 Å². The van der Waals surface area contributed by atoms with E-state index in [1.165, 1.54) is 12.8 Å². The Morgan fingerprint density at radius 1 is 1.55 bits per heavy atom. The van der Waals surface area contributed by atoms with Crippen LogP contribution in [0.15, 0.2) is 0 Å². The normalized spacial score (nSPS) is 10.3. The van der Waals surface area contributed by atoms with Crippen molar-refractivity contribution in [2.75, 3.05) is 0 Å². The van der Waals surface area contributed by atoms with Crippen molar-refractivity contribution in [2.45, 2.75) is 32.7 Å². The first-order valence-corrected chi connectivity index (χ1v) is 4.23. The Morgan fingerprint density at radius 3 is 2.91 bits per heavy atom. The summed E-state index contributed by atoms with van der Waals surface area (Å²) in [7, 11) is 0. The predicted octanol–water partition coefficient (Wildman–Crippen LogP) is 1.53. The summed E-state index contributed by atoms with van der Waals surface area (Å²) in [5.41, 5.74) is 0. The highest BCUT2D eigenvalue weighted by atomic mass is 32.1. The number of aromatic amines is 1. The molecule has 0 bridgehead atoms. The summed E-state index contributed by atoms with van der Waals surface area (Å²) in [6.45, 7) is 3.05. The number of nitrogens with zero attached hydrogens (tertiary/aromatic N) is 3. The third-order valence-electron chi connectivity index (χ3n) is 1.51. The molecule has 0 fully saturated rings. The van der Waals surface area contributed by atoms with Gasteiger partial charge in [0.15, 0.2) is 0 Å². The molecule has 62 valence electrons. The van der Waals surface area contributed by atoms with Gasteiger partial charge in [-0.05, 0) is 29.1 Å². The molecule has 0 aliphatic heterocycles. The van der Waals surface area contributed by atoms with Crippen LogP contribution in [0.4, 0.5) is 0 Å². The zero-order valence-corrected chi connectivity index (χ0v) is 7.39. The van der Waals surface area contributed by atoms with E-state index < -0.39 is 0 Å². The summed E-state index contributed by atoms with van der Waals surface area (Å²) in [6, 6.07) is 0. The largest absolute Gasteiger partial charge is 0.232 e. The smallest absolute Gasteiger partial charge is 0.213 e. The average Bonchev–Trinajstić information content (AvgIpc) is 2.37. The van der Waals surface area contributed by atoms with Crippen LogP contribution in [0, 0.1) is 4.77 Å². The summed E-state index contributed by atoms with van der Waals surface area (Å²) in [5.74, 6) is 0. The average molecular weight is 172 g/mol. The lowest BCUT2D eigenvalue weighted by molar-refractivity contribution is 0.533. The minimum atomic E-state index is 0.612. The zero-order valence-electron chi connectivity index (χ0n) is 6.58. The van der Waals surface area contributed by atoms with Crippen molar-refractivity contribution >= 4 is 12.2 Å². The van der Waals surface area contributed by atoms with Gasteiger partial charge in [0.25, 0.3) is 0 Å². The molecule has 0 saturated heterocycles. The molecule has 0 atom stereocenters. The quantitative estimate of drug-likeness (QED) is 0.553. The first-order chi connectivity index (χ1) is 5.34. The summed E-state index contributed by atoms with van der Waals surface area (Å²) >= 11 is 4.92. The predicted molar refractivity (Wildman–Crippen MR) is 44.7 cm³/mol. The van der Waals surface area contributed by atoms with E-state index in [0.717, 1.165) is 13.0 Å². The third kappa shape index (κ3) is 2.42. The molecule has 0 spiro atoms. The summed E-state index contributed by atoms with van der Waals surface area (Å²) in [4.78, 5) is 0. The Bertz CT molecular complexity index is 251. The molecule has 1 aromatic rings. The second-order valence-electron chi connectivity index (χ2n) is 2.44. The van der Waals surface area contributed by atoms with Gasteiger partial charge in [-0.3, -0.25) is 0 Å². The Morgan fingerprint density at radius 2 is 2.36 bits per heavy atom. The van der Waals surface area contributed by atoms with Crippen LogP contribution in [0.25, 0.3) is 0 Å². The van der Waals surface area contributed by atoms with Crippen molar-refractivity contribution in [3.63, 3.8) is 0 Å². The number of aryl methyl sites for hydroxylation is 1. The molecular formula is C6H12N4S. The number of H-pyrrole nitrogens is 1. The topological polar surface area (TPSA) is 46.5 Å². The van der Waals surface area contributed by atoms with Crippen LogP contribution < -0.4 is 0 Å². The van der Waals surface area contributed by atoms with Crippen molar-refractivity contribution in [3.05, 3.63) is 4.77 Å². The molecule has 0 aromatic carbocycles. The molecule has 5 heteroatoms. The number of nitrogens with one attached hydrogen (secondary N) is 1. The van der Waals surface area contributed by atoms with Gasteiger partial charge in [0.2, 0.25) is 4.77 Å². The lowest BCUT2D eigenvalue weighted by Gasteiger charge is -1.96. The number of tetrazole rings is 1. The van der Waals surface area contributed by atoms with E-state index in [2.05, 4.69) is 22.4 Å². The monoisotopic (exact) mass is 172 g/mol. The molecule has 1 N–H and O–H groups in total. The van der Waals surface area contributed by atoms with Crippen LogP contribution in [0.3, 0.4) is 0 Å². The van der Waals surface area contributed by atoms with E-state index in [1.807, 2.05) is 0 Å². The van der Waals surface area contributed by atoms with Crippen LogP contribution in [-0.4, -0.2) is 20.2 Å². The highest BCUT2D eigenvalue weighted by Gasteiger charge is 1.93. The standard InChI is InChI=1S/C6H12N4S/c1-2-3-4-5-10-6(11)7-8-9-10/h2-5H2,1H3,(H,7,9,11). The second-order valence-corrected chi connectivity index (χ2v) is 2.82. The fraction of sp³-hybridized carbons (Fsp3) is 0.833. The molecule has 0 aliphatic rings. The molecule has 0 radical (unpaired) electrons.